The molecule has 0 saturated carbocycles. The second-order valence-electron chi connectivity index (χ2n) is 8.93. The second-order valence-corrected chi connectivity index (χ2v) is 8.93. The lowest BCUT2D eigenvalue weighted by Gasteiger charge is -2.11. The lowest BCUT2D eigenvalue weighted by Crippen LogP contribution is -2.23. The van der Waals surface area contributed by atoms with Gasteiger partial charge in [-0.1, -0.05) is 17.3 Å². The van der Waals surface area contributed by atoms with Gasteiger partial charge in [0.2, 0.25) is 0 Å². The molecule has 0 fully saturated rings. The fourth-order valence-electron chi connectivity index (χ4n) is 4.07. The topological polar surface area (TPSA) is 120 Å². The third-order valence-corrected chi connectivity index (χ3v) is 5.87. The van der Waals surface area contributed by atoms with Crippen LogP contribution in [0.4, 0.5) is 26.3 Å². The third-order valence-electron chi connectivity index (χ3n) is 5.87. The molecule has 43 heavy (non-hydrogen) atoms. The summed E-state index contributed by atoms with van der Waals surface area (Å²) in [7, 11) is 0. The number of carbonyl (C=O) groups is 1. The number of alkyl halides is 6. The van der Waals surface area contributed by atoms with Gasteiger partial charge >= 0.3 is 12.7 Å². The number of benzene rings is 3. The van der Waals surface area contributed by atoms with E-state index in [1.54, 1.807) is 35.0 Å². The van der Waals surface area contributed by atoms with Crippen molar-refractivity contribution in [1.82, 2.24) is 35.7 Å². The van der Waals surface area contributed by atoms with Crippen molar-refractivity contribution in [2.24, 2.45) is 0 Å². The number of halogens is 6. The van der Waals surface area contributed by atoms with Crippen LogP contribution in [-0.4, -0.2) is 49.0 Å². The lowest BCUT2D eigenvalue weighted by molar-refractivity contribution is -0.275. The predicted molar refractivity (Wildman–Crippen MR) is 137 cm³/mol. The first kappa shape index (κ1) is 29.1. The molecule has 0 aliphatic rings. The molecule has 2 aromatic heterocycles. The molecular formula is C27H19F6N7O3. The first-order valence-electron chi connectivity index (χ1n) is 12.3. The molecule has 0 saturated heterocycles. The van der Waals surface area contributed by atoms with Crippen LogP contribution in [0.2, 0.25) is 0 Å². The summed E-state index contributed by atoms with van der Waals surface area (Å²) in [4.78, 5) is 12.7. The van der Waals surface area contributed by atoms with Crippen LogP contribution in [0.1, 0.15) is 21.7 Å². The van der Waals surface area contributed by atoms with Crippen LogP contribution >= 0.6 is 0 Å². The van der Waals surface area contributed by atoms with Crippen LogP contribution < -0.4 is 14.8 Å². The van der Waals surface area contributed by atoms with Gasteiger partial charge in [0.05, 0.1) is 24.5 Å². The Bertz CT molecular complexity index is 1680. The highest BCUT2D eigenvalue weighted by Gasteiger charge is 2.31. The molecule has 2 heterocycles. The van der Waals surface area contributed by atoms with E-state index in [1.165, 1.54) is 24.3 Å². The molecule has 3 aromatic carbocycles. The SMILES string of the molecule is O=C(NCc1nn[nH]n1)c1cccc(Cn2nc(-c3ccc(OC(F)(F)F)cc3)cc2-c2ccc(OC(F)(F)F)cc2)c1. The Morgan fingerprint density at radius 1 is 0.837 bits per heavy atom. The quantitative estimate of drug-likeness (QED) is 0.213. The first-order valence-corrected chi connectivity index (χ1v) is 12.3. The van der Waals surface area contributed by atoms with Crippen LogP contribution in [-0.2, 0) is 13.1 Å². The number of nitrogens with zero attached hydrogens (tertiary/aromatic N) is 5. The Morgan fingerprint density at radius 2 is 1.47 bits per heavy atom. The van der Waals surface area contributed by atoms with Crippen LogP contribution in [0.25, 0.3) is 22.5 Å². The molecule has 1 amide bonds. The zero-order valence-electron chi connectivity index (χ0n) is 21.6. The number of rotatable bonds is 9. The molecule has 0 aliphatic carbocycles. The zero-order chi connectivity index (χ0) is 30.6. The van der Waals surface area contributed by atoms with Crippen molar-refractivity contribution in [3.63, 3.8) is 0 Å². The first-order chi connectivity index (χ1) is 20.4. The Hall–Kier alpha value is -5.41. The monoisotopic (exact) mass is 603 g/mol. The Kier molecular flexibility index (Phi) is 8.00. The molecule has 0 radical (unpaired) electrons. The number of nitrogens with one attached hydrogen (secondary N) is 2. The van der Waals surface area contributed by atoms with Crippen LogP contribution in [0.5, 0.6) is 11.5 Å². The fourth-order valence-corrected chi connectivity index (χ4v) is 4.07. The normalized spacial score (nSPS) is 11.8. The van der Waals surface area contributed by atoms with E-state index in [2.05, 4.69) is 40.5 Å². The number of amides is 1. The minimum atomic E-state index is -4.86. The summed E-state index contributed by atoms with van der Waals surface area (Å²) in [6, 6.07) is 18.5. The zero-order valence-corrected chi connectivity index (χ0v) is 21.6. The van der Waals surface area contributed by atoms with Crippen molar-refractivity contribution in [2.45, 2.75) is 25.8 Å². The van der Waals surface area contributed by atoms with E-state index in [-0.39, 0.29) is 13.1 Å². The number of aromatic amines is 1. The van der Waals surface area contributed by atoms with Crippen molar-refractivity contribution in [2.75, 3.05) is 0 Å². The summed E-state index contributed by atoms with van der Waals surface area (Å²) < 4.78 is 85.1. The average Bonchev–Trinajstić information content (AvgIpc) is 3.61. The van der Waals surface area contributed by atoms with Crippen LogP contribution in [0.3, 0.4) is 0 Å². The molecule has 5 rings (SSSR count). The second kappa shape index (κ2) is 11.8. The smallest absolute Gasteiger partial charge is 0.406 e. The van der Waals surface area contributed by atoms with Gasteiger partial charge in [-0.25, -0.2) is 0 Å². The van der Waals surface area contributed by atoms with E-state index in [9.17, 15) is 31.1 Å². The number of H-pyrrole nitrogens is 1. The maximum Gasteiger partial charge on any atom is 0.573 e. The van der Waals surface area contributed by atoms with Crippen LogP contribution in [0, 0.1) is 0 Å². The molecule has 222 valence electrons. The van der Waals surface area contributed by atoms with Crippen molar-refractivity contribution in [3.8, 4) is 34.0 Å². The summed E-state index contributed by atoms with van der Waals surface area (Å²) in [6.45, 7) is 0.185. The maximum atomic E-state index is 12.7. The maximum absolute atomic E-state index is 12.7. The van der Waals surface area contributed by atoms with Gasteiger partial charge in [-0.2, -0.15) is 10.3 Å². The van der Waals surface area contributed by atoms with Crippen molar-refractivity contribution in [3.05, 3.63) is 95.8 Å². The number of tetrazole rings is 1. The van der Waals surface area contributed by atoms with Gasteiger partial charge < -0.3 is 14.8 Å². The van der Waals surface area contributed by atoms with Gasteiger partial charge in [0.1, 0.15) is 11.5 Å². The minimum Gasteiger partial charge on any atom is -0.406 e. The van der Waals surface area contributed by atoms with E-state index in [1.807, 2.05) is 0 Å². The Morgan fingerprint density at radius 3 is 2.05 bits per heavy atom. The van der Waals surface area contributed by atoms with Gasteiger partial charge in [-0.05, 0) is 72.3 Å². The number of hydrogen-bond donors (Lipinski definition) is 2. The minimum absolute atomic E-state index is 0.0487. The van der Waals surface area contributed by atoms with Gasteiger partial charge in [0.25, 0.3) is 5.91 Å². The standard InChI is InChI=1S/C27H19F6N7O3/c28-26(29,30)42-20-8-4-17(5-9-20)22-13-23(18-6-10-21(11-7-18)43-27(31,32)33)40(37-22)15-16-2-1-3-19(12-16)25(41)34-14-24-35-38-39-36-24/h1-13H,14-15H2,(H,34,41)(H,35,36,38,39). The van der Waals surface area contributed by atoms with E-state index >= 15 is 0 Å². The van der Waals surface area contributed by atoms with Crippen molar-refractivity contribution >= 4 is 5.91 Å². The number of aromatic nitrogens is 6. The molecule has 10 nitrogen and oxygen atoms in total. The molecule has 0 unspecified atom stereocenters. The van der Waals surface area contributed by atoms with E-state index in [4.69, 9.17) is 0 Å². The van der Waals surface area contributed by atoms with Gasteiger partial charge in [-0.15, -0.1) is 36.5 Å². The predicted octanol–water partition coefficient (Wildman–Crippen LogP) is 5.51. The number of carbonyl (C=O) groups excluding carboxylic acids is 1. The summed E-state index contributed by atoms with van der Waals surface area (Å²) in [5.41, 5.74) is 2.80. The van der Waals surface area contributed by atoms with E-state index in [0.29, 0.717) is 39.5 Å². The molecule has 0 bridgehead atoms. The molecule has 16 heteroatoms. The van der Waals surface area contributed by atoms with Crippen LogP contribution in [0.15, 0.2) is 78.9 Å². The summed E-state index contributed by atoms with van der Waals surface area (Å²) in [5, 5.41) is 20.5. The van der Waals surface area contributed by atoms with Gasteiger partial charge in [0.15, 0.2) is 5.82 Å². The summed E-state index contributed by atoms with van der Waals surface area (Å²) in [6.07, 6.45) is -9.71. The highest BCUT2D eigenvalue weighted by Crippen LogP contribution is 2.31. The molecule has 2 N–H and O–H groups in total. The van der Waals surface area contributed by atoms with Crippen molar-refractivity contribution in [1.29, 1.82) is 0 Å². The summed E-state index contributed by atoms with van der Waals surface area (Å²) >= 11 is 0. The Balaban J connectivity index is 1.43. The lowest BCUT2D eigenvalue weighted by atomic mass is 10.1. The largest absolute Gasteiger partial charge is 0.573 e. The number of ether oxygens (including phenoxy) is 2. The highest BCUT2D eigenvalue weighted by molar-refractivity contribution is 5.94. The molecule has 0 spiro atoms. The highest BCUT2D eigenvalue weighted by atomic mass is 19.4. The Labute approximate surface area is 238 Å². The average molecular weight is 603 g/mol. The van der Waals surface area contributed by atoms with E-state index in [0.717, 1.165) is 24.3 Å². The molecule has 0 atom stereocenters. The van der Waals surface area contributed by atoms with Crippen molar-refractivity contribution < 1.29 is 40.6 Å². The summed E-state index contributed by atoms with van der Waals surface area (Å²) in [5.74, 6) is -0.926. The molecule has 5 aromatic rings. The number of hydrogen-bond acceptors (Lipinski definition) is 7. The molecule has 0 aliphatic heterocycles. The van der Waals surface area contributed by atoms with Gasteiger partial charge in [0, 0.05) is 16.7 Å². The molecular weight excluding hydrogens is 584 g/mol. The third kappa shape index (κ3) is 7.87. The van der Waals surface area contributed by atoms with E-state index < -0.39 is 30.1 Å². The fraction of sp³-hybridized carbons (Fsp3) is 0.148. The van der Waals surface area contributed by atoms with Gasteiger partial charge in [-0.3, -0.25) is 9.48 Å².